The van der Waals surface area contributed by atoms with E-state index in [0.717, 1.165) is 6.42 Å². The second-order valence-electron chi connectivity index (χ2n) is 6.53. The molecule has 0 spiro atoms. The first-order valence-corrected chi connectivity index (χ1v) is 9.43. The van der Waals surface area contributed by atoms with Crippen LogP contribution in [0.3, 0.4) is 0 Å². The Morgan fingerprint density at radius 1 is 1.21 bits per heavy atom. The second kappa shape index (κ2) is 9.42. The van der Waals surface area contributed by atoms with Gasteiger partial charge in [-0.05, 0) is 37.5 Å². The molecule has 29 heavy (non-hydrogen) atoms. The second-order valence-corrected chi connectivity index (χ2v) is 6.53. The Bertz CT molecular complexity index is 798. The summed E-state index contributed by atoms with van der Waals surface area (Å²) in [5, 5.41) is 5.28. The average Bonchev–Trinajstić information content (AvgIpc) is 3.26. The molecule has 0 aromatic heterocycles. The highest BCUT2D eigenvalue weighted by Gasteiger charge is 2.35. The fourth-order valence-electron chi connectivity index (χ4n) is 3.23. The minimum Gasteiger partial charge on any atom is -0.497 e. The van der Waals surface area contributed by atoms with Crippen LogP contribution >= 0.6 is 0 Å². The number of rotatable bonds is 7. The summed E-state index contributed by atoms with van der Waals surface area (Å²) in [7, 11) is 1.55. The lowest BCUT2D eigenvalue weighted by Crippen LogP contribution is -2.47. The highest BCUT2D eigenvalue weighted by Crippen LogP contribution is 2.29. The van der Waals surface area contributed by atoms with Crippen LogP contribution in [0, 0.1) is 0 Å². The maximum atomic E-state index is 12.7. The molecule has 1 fully saturated rings. The number of esters is 2. The number of hydrogen-bond donors (Lipinski definition) is 2. The Labute approximate surface area is 168 Å². The van der Waals surface area contributed by atoms with E-state index >= 15 is 0 Å². The maximum absolute atomic E-state index is 12.7. The van der Waals surface area contributed by atoms with Crippen LogP contribution < -0.4 is 15.4 Å². The topological polar surface area (TPSA) is 112 Å². The number of methoxy groups -OCH3 is 1. The minimum absolute atomic E-state index is 0.161. The third-order valence-electron chi connectivity index (χ3n) is 4.65. The van der Waals surface area contributed by atoms with Crippen molar-refractivity contribution in [1.82, 2.24) is 10.6 Å². The lowest BCUT2D eigenvalue weighted by Gasteiger charge is -2.29. The fourth-order valence-corrected chi connectivity index (χ4v) is 3.23. The van der Waals surface area contributed by atoms with Crippen molar-refractivity contribution < 1.29 is 33.3 Å². The molecule has 2 atom stereocenters. The number of nitrogens with one attached hydrogen (secondary N) is 2. The van der Waals surface area contributed by atoms with Gasteiger partial charge in [-0.2, -0.15) is 0 Å². The van der Waals surface area contributed by atoms with E-state index in [2.05, 4.69) is 10.6 Å². The molecule has 2 N–H and O–H groups in total. The third-order valence-corrected chi connectivity index (χ3v) is 4.65. The van der Waals surface area contributed by atoms with E-state index in [1.54, 1.807) is 38.3 Å². The van der Waals surface area contributed by atoms with Gasteiger partial charge in [0.25, 0.3) is 0 Å². The van der Waals surface area contributed by atoms with Crippen molar-refractivity contribution in [2.45, 2.75) is 31.9 Å². The van der Waals surface area contributed by atoms with Gasteiger partial charge in [0.2, 0.25) is 0 Å². The standard InChI is InChI=1S/C20H24N2O7/c1-3-27-19(24)16-14(11-29-18(23)15-5-4-10-28-15)21-20(25)22-17(16)12-6-8-13(26-2)9-7-12/h6-9,15,17H,3-5,10-11H2,1-2H3,(H2,21,22,25)/t15-,17-/m0/s1. The first-order chi connectivity index (χ1) is 14.0. The molecule has 0 bridgehead atoms. The number of ether oxygens (including phenoxy) is 4. The summed E-state index contributed by atoms with van der Waals surface area (Å²) in [6, 6.07) is 5.66. The number of urea groups is 1. The first kappa shape index (κ1) is 20.7. The highest BCUT2D eigenvalue weighted by molar-refractivity contribution is 5.95. The first-order valence-electron chi connectivity index (χ1n) is 9.43. The number of hydrogen-bond acceptors (Lipinski definition) is 7. The molecule has 1 aromatic carbocycles. The van der Waals surface area contributed by atoms with Crippen LogP contribution in [-0.4, -0.2) is 51.0 Å². The number of benzene rings is 1. The molecule has 1 aromatic rings. The summed E-state index contributed by atoms with van der Waals surface area (Å²) in [5.41, 5.74) is 1.02. The molecule has 156 valence electrons. The summed E-state index contributed by atoms with van der Waals surface area (Å²) in [4.78, 5) is 37.0. The van der Waals surface area contributed by atoms with Crippen molar-refractivity contribution in [2.24, 2.45) is 0 Å². The quantitative estimate of drug-likeness (QED) is 0.664. The van der Waals surface area contributed by atoms with E-state index < -0.39 is 30.1 Å². The minimum atomic E-state index is -0.759. The molecule has 9 nitrogen and oxygen atoms in total. The summed E-state index contributed by atoms with van der Waals surface area (Å²) < 4.78 is 20.9. The molecule has 2 aliphatic heterocycles. The molecule has 0 unspecified atom stereocenters. The predicted molar refractivity (Wildman–Crippen MR) is 101 cm³/mol. The van der Waals surface area contributed by atoms with Gasteiger partial charge in [-0.25, -0.2) is 14.4 Å². The van der Waals surface area contributed by atoms with E-state index in [1.165, 1.54) is 0 Å². The lowest BCUT2D eigenvalue weighted by molar-refractivity contribution is -0.153. The van der Waals surface area contributed by atoms with E-state index in [-0.39, 0.29) is 24.5 Å². The average molecular weight is 404 g/mol. The van der Waals surface area contributed by atoms with Crippen molar-refractivity contribution in [1.29, 1.82) is 0 Å². The molecule has 3 rings (SSSR count). The monoisotopic (exact) mass is 404 g/mol. The van der Waals surface area contributed by atoms with Crippen LogP contribution in [0.5, 0.6) is 5.75 Å². The van der Waals surface area contributed by atoms with E-state index in [0.29, 0.717) is 24.3 Å². The van der Waals surface area contributed by atoms with Gasteiger partial charge in [0.05, 0.1) is 31.0 Å². The molecular weight excluding hydrogens is 380 g/mol. The van der Waals surface area contributed by atoms with Crippen LogP contribution in [0.4, 0.5) is 4.79 Å². The SMILES string of the molecule is CCOC(=O)C1=C(COC(=O)[C@@H]2CCCO2)NC(=O)N[C@H]1c1ccc(OC)cc1. The Morgan fingerprint density at radius 3 is 2.59 bits per heavy atom. The van der Waals surface area contributed by atoms with Crippen molar-refractivity contribution in [3.05, 3.63) is 41.1 Å². The van der Waals surface area contributed by atoms with Crippen LogP contribution in [0.15, 0.2) is 35.5 Å². The summed E-state index contributed by atoms with van der Waals surface area (Å²) >= 11 is 0. The number of amides is 2. The van der Waals surface area contributed by atoms with Crippen LogP contribution in [0.1, 0.15) is 31.4 Å². The zero-order valence-corrected chi connectivity index (χ0v) is 16.4. The van der Waals surface area contributed by atoms with Gasteiger partial charge in [-0.3, -0.25) is 0 Å². The zero-order valence-electron chi connectivity index (χ0n) is 16.4. The Balaban J connectivity index is 1.88. The smallest absolute Gasteiger partial charge is 0.338 e. The fraction of sp³-hybridized carbons (Fsp3) is 0.450. The normalized spacial score (nSPS) is 21.2. The Hall–Kier alpha value is -3.07. The van der Waals surface area contributed by atoms with Crippen molar-refractivity contribution in [3.63, 3.8) is 0 Å². The highest BCUT2D eigenvalue weighted by atomic mass is 16.6. The van der Waals surface area contributed by atoms with Crippen molar-refractivity contribution >= 4 is 18.0 Å². The van der Waals surface area contributed by atoms with Gasteiger partial charge < -0.3 is 29.6 Å². The van der Waals surface area contributed by atoms with Gasteiger partial charge in [0, 0.05) is 6.61 Å². The van der Waals surface area contributed by atoms with Gasteiger partial charge in [0.15, 0.2) is 6.10 Å². The van der Waals surface area contributed by atoms with E-state index in [4.69, 9.17) is 18.9 Å². The predicted octanol–water partition coefficient (Wildman–Crippen LogP) is 1.59. The zero-order chi connectivity index (χ0) is 20.8. The Morgan fingerprint density at radius 2 is 1.97 bits per heavy atom. The molecule has 2 heterocycles. The number of carbonyl (C=O) groups excluding carboxylic acids is 3. The van der Waals surface area contributed by atoms with Gasteiger partial charge >= 0.3 is 18.0 Å². The van der Waals surface area contributed by atoms with Gasteiger partial charge in [-0.15, -0.1) is 0 Å². The molecule has 2 aliphatic rings. The van der Waals surface area contributed by atoms with Gasteiger partial charge in [0.1, 0.15) is 12.4 Å². The molecule has 9 heteroatoms. The molecular formula is C20H24N2O7. The van der Waals surface area contributed by atoms with Gasteiger partial charge in [-0.1, -0.05) is 12.1 Å². The number of carbonyl (C=O) groups is 3. The molecule has 0 radical (unpaired) electrons. The Kier molecular flexibility index (Phi) is 6.71. The molecule has 0 aliphatic carbocycles. The largest absolute Gasteiger partial charge is 0.497 e. The summed E-state index contributed by atoms with van der Waals surface area (Å²) in [6.45, 7) is 2.09. The van der Waals surface area contributed by atoms with Crippen LogP contribution in [0.25, 0.3) is 0 Å². The summed E-state index contributed by atoms with van der Waals surface area (Å²) in [6.07, 6.45) is 0.762. The summed E-state index contributed by atoms with van der Waals surface area (Å²) in [5.74, 6) is -0.489. The van der Waals surface area contributed by atoms with Crippen molar-refractivity contribution in [3.8, 4) is 5.75 Å². The van der Waals surface area contributed by atoms with Crippen molar-refractivity contribution in [2.75, 3.05) is 26.9 Å². The maximum Gasteiger partial charge on any atom is 0.338 e. The lowest BCUT2D eigenvalue weighted by atomic mass is 9.95. The van der Waals surface area contributed by atoms with Crippen LogP contribution in [0.2, 0.25) is 0 Å². The molecule has 1 saturated heterocycles. The molecule has 2 amide bonds. The van der Waals surface area contributed by atoms with E-state index in [9.17, 15) is 14.4 Å². The van der Waals surface area contributed by atoms with Crippen LogP contribution in [-0.2, 0) is 23.8 Å². The molecule has 0 saturated carbocycles. The van der Waals surface area contributed by atoms with E-state index in [1.807, 2.05) is 0 Å². The third kappa shape index (κ3) is 4.86.